The van der Waals surface area contributed by atoms with Gasteiger partial charge in [-0.2, -0.15) is 0 Å². The van der Waals surface area contributed by atoms with Crippen LogP contribution in [-0.4, -0.2) is 24.5 Å². The van der Waals surface area contributed by atoms with Crippen LogP contribution in [0.4, 0.5) is 4.39 Å². The van der Waals surface area contributed by atoms with Gasteiger partial charge in [-0.25, -0.2) is 4.39 Å². The van der Waals surface area contributed by atoms with Crippen LogP contribution in [0.3, 0.4) is 0 Å². The Hall–Kier alpha value is -2.18. The maximum absolute atomic E-state index is 14.3. The quantitative estimate of drug-likeness (QED) is 0.625. The number of rotatable bonds is 3. The topological polar surface area (TPSA) is 56.9 Å². The van der Waals surface area contributed by atoms with E-state index in [1.807, 2.05) is 7.05 Å². The summed E-state index contributed by atoms with van der Waals surface area (Å²) in [6, 6.07) is 9.56. The van der Waals surface area contributed by atoms with E-state index in [0.717, 1.165) is 28.8 Å². The summed E-state index contributed by atoms with van der Waals surface area (Å²) in [5, 5.41) is 6.78. The van der Waals surface area contributed by atoms with Crippen LogP contribution in [0.2, 0.25) is 0 Å². The molecule has 4 nitrogen and oxygen atoms in total. The fourth-order valence-corrected chi connectivity index (χ4v) is 3.86. The van der Waals surface area contributed by atoms with Crippen molar-refractivity contribution >= 4 is 32.7 Å². The Balaban J connectivity index is 1.96. The van der Waals surface area contributed by atoms with E-state index in [1.165, 1.54) is 11.6 Å². The minimum absolute atomic E-state index is 0.231. The molecule has 0 fully saturated rings. The number of H-pyrrole nitrogens is 1. The van der Waals surface area contributed by atoms with Crippen LogP contribution in [0.1, 0.15) is 21.5 Å². The third kappa shape index (κ3) is 2.65. The first-order chi connectivity index (χ1) is 12.1. The average Bonchev–Trinajstić information content (AvgIpc) is 2.91. The van der Waals surface area contributed by atoms with E-state index in [4.69, 9.17) is 0 Å². The summed E-state index contributed by atoms with van der Waals surface area (Å²) in [5.41, 5.74) is 5.23. The summed E-state index contributed by atoms with van der Waals surface area (Å²) in [5.74, 6) is -0.673. The summed E-state index contributed by atoms with van der Waals surface area (Å²) < 4.78 is 14.6. The number of benzene rings is 2. The van der Waals surface area contributed by atoms with Gasteiger partial charge in [0.05, 0.1) is 15.6 Å². The van der Waals surface area contributed by atoms with Gasteiger partial charge in [-0.3, -0.25) is 4.79 Å². The van der Waals surface area contributed by atoms with E-state index in [1.54, 1.807) is 0 Å². The molecule has 6 heteroatoms. The van der Waals surface area contributed by atoms with E-state index in [-0.39, 0.29) is 5.91 Å². The zero-order chi connectivity index (χ0) is 17.6. The molecule has 1 aliphatic heterocycles. The fourth-order valence-electron chi connectivity index (χ4n) is 3.45. The fraction of sp³-hybridized carbons (Fsp3) is 0.211. The third-order valence-electron chi connectivity index (χ3n) is 4.60. The van der Waals surface area contributed by atoms with Crippen molar-refractivity contribution in [2.75, 3.05) is 13.6 Å². The number of aromatic nitrogens is 1. The second-order valence-corrected chi connectivity index (χ2v) is 6.97. The van der Waals surface area contributed by atoms with Crippen molar-refractivity contribution in [3.63, 3.8) is 0 Å². The van der Waals surface area contributed by atoms with Crippen LogP contribution in [0.5, 0.6) is 0 Å². The lowest BCUT2D eigenvalue weighted by Gasteiger charge is -2.06. The number of hydrogen-bond acceptors (Lipinski definition) is 2. The molecule has 0 saturated carbocycles. The zero-order valence-electron chi connectivity index (χ0n) is 13.7. The van der Waals surface area contributed by atoms with Crippen molar-refractivity contribution in [2.45, 2.75) is 13.0 Å². The molecule has 2 aromatic carbocycles. The minimum atomic E-state index is -0.441. The van der Waals surface area contributed by atoms with Gasteiger partial charge in [0, 0.05) is 24.2 Å². The number of amides is 1. The highest BCUT2D eigenvalue weighted by Crippen LogP contribution is 2.38. The van der Waals surface area contributed by atoms with Gasteiger partial charge in [0.2, 0.25) is 0 Å². The summed E-state index contributed by atoms with van der Waals surface area (Å²) in [6.45, 7) is 1.34. The zero-order valence-corrected chi connectivity index (χ0v) is 15.3. The summed E-state index contributed by atoms with van der Waals surface area (Å²) in [4.78, 5) is 15.6. The monoisotopic (exact) mass is 401 g/mol. The molecule has 3 N–H and O–H groups in total. The summed E-state index contributed by atoms with van der Waals surface area (Å²) >= 11 is 3.32. The molecular weight excluding hydrogens is 385 g/mol. The first-order valence-electron chi connectivity index (χ1n) is 8.15. The molecule has 0 unspecified atom stereocenters. The highest BCUT2D eigenvalue weighted by Gasteiger charge is 2.25. The third-order valence-corrected chi connectivity index (χ3v) is 5.38. The lowest BCUT2D eigenvalue weighted by Crippen LogP contribution is -2.23. The molecule has 0 aliphatic carbocycles. The van der Waals surface area contributed by atoms with Crippen molar-refractivity contribution in [2.24, 2.45) is 0 Å². The molecule has 3 aromatic rings. The molecule has 0 radical (unpaired) electrons. The maximum Gasteiger partial charge on any atom is 0.252 e. The molecule has 0 bridgehead atoms. The van der Waals surface area contributed by atoms with E-state index < -0.39 is 5.82 Å². The van der Waals surface area contributed by atoms with Crippen molar-refractivity contribution in [3.8, 4) is 11.3 Å². The second kappa shape index (κ2) is 6.28. The highest BCUT2D eigenvalue weighted by molar-refractivity contribution is 9.10. The predicted molar refractivity (Wildman–Crippen MR) is 100 cm³/mol. The standard InChI is InChI=1S/C19H17BrFN3O/c1-22-9-10-2-4-11(5-3-10)17-12-6-7-23-19(25)13-8-14(21)16(20)18(24-17)15(12)13/h2-5,8,22,24H,6-7,9H2,1H3,(H,23,25). The van der Waals surface area contributed by atoms with Gasteiger partial charge in [0.1, 0.15) is 5.82 Å². The smallest absolute Gasteiger partial charge is 0.252 e. The number of carbonyl (C=O) groups excluding carboxylic acids is 1. The molecule has 2 heterocycles. The van der Waals surface area contributed by atoms with E-state index >= 15 is 0 Å². The second-order valence-electron chi connectivity index (χ2n) is 6.18. The van der Waals surface area contributed by atoms with Gasteiger partial charge in [-0.1, -0.05) is 24.3 Å². The Bertz CT molecular complexity index is 979. The Morgan fingerprint density at radius 3 is 2.76 bits per heavy atom. The van der Waals surface area contributed by atoms with Crippen molar-refractivity contribution in [1.29, 1.82) is 0 Å². The van der Waals surface area contributed by atoms with Gasteiger partial charge < -0.3 is 15.6 Å². The van der Waals surface area contributed by atoms with E-state index in [2.05, 4.69) is 55.8 Å². The van der Waals surface area contributed by atoms with Gasteiger partial charge in [0.15, 0.2) is 0 Å². The van der Waals surface area contributed by atoms with Crippen LogP contribution < -0.4 is 10.6 Å². The van der Waals surface area contributed by atoms with Gasteiger partial charge in [0.25, 0.3) is 5.91 Å². The van der Waals surface area contributed by atoms with Crippen molar-refractivity contribution in [3.05, 3.63) is 57.3 Å². The Labute approximate surface area is 152 Å². The molecule has 1 amide bonds. The maximum atomic E-state index is 14.3. The normalized spacial score (nSPS) is 13.8. The predicted octanol–water partition coefficient (Wildman–Crippen LogP) is 3.74. The Kier molecular flexibility index (Phi) is 4.09. The van der Waals surface area contributed by atoms with Gasteiger partial charge in [-0.15, -0.1) is 0 Å². The van der Waals surface area contributed by atoms with E-state index in [0.29, 0.717) is 28.5 Å². The van der Waals surface area contributed by atoms with Crippen LogP contribution in [0, 0.1) is 5.82 Å². The Morgan fingerprint density at radius 1 is 1.28 bits per heavy atom. The number of halogens is 2. The van der Waals surface area contributed by atoms with Crippen LogP contribution in [0.15, 0.2) is 34.8 Å². The molecule has 1 aliphatic rings. The van der Waals surface area contributed by atoms with Crippen molar-refractivity contribution in [1.82, 2.24) is 15.6 Å². The Morgan fingerprint density at radius 2 is 2.04 bits per heavy atom. The lowest BCUT2D eigenvalue weighted by molar-refractivity contribution is 0.0957. The molecule has 0 spiro atoms. The molecule has 4 rings (SSSR count). The summed E-state index contributed by atoms with van der Waals surface area (Å²) in [7, 11) is 1.91. The molecular formula is C19H17BrFN3O. The van der Waals surface area contributed by atoms with Crippen LogP contribution >= 0.6 is 15.9 Å². The number of carbonyl (C=O) groups is 1. The lowest BCUT2D eigenvalue weighted by atomic mass is 9.99. The number of hydrogen-bond donors (Lipinski definition) is 3. The molecule has 0 saturated heterocycles. The largest absolute Gasteiger partial charge is 0.353 e. The molecule has 0 atom stereocenters. The average molecular weight is 402 g/mol. The first-order valence-corrected chi connectivity index (χ1v) is 8.94. The molecule has 1 aromatic heterocycles. The summed E-state index contributed by atoms with van der Waals surface area (Å²) in [6.07, 6.45) is 0.699. The minimum Gasteiger partial charge on any atom is -0.353 e. The van der Waals surface area contributed by atoms with Crippen LogP contribution in [0.25, 0.3) is 22.2 Å². The van der Waals surface area contributed by atoms with Gasteiger partial charge >= 0.3 is 0 Å². The molecule has 25 heavy (non-hydrogen) atoms. The van der Waals surface area contributed by atoms with Gasteiger partial charge in [-0.05, 0) is 52.2 Å². The number of aromatic amines is 1. The first kappa shape index (κ1) is 16.3. The SMILES string of the molecule is CNCc1ccc(-c2[nH]c3c(Br)c(F)cc4c3c2CCNC4=O)cc1. The molecule has 128 valence electrons. The highest BCUT2D eigenvalue weighted by atomic mass is 79.9. The van der Waals surface area contributed by atoms with Crippen molar-refractivity contribution < 1.29 is 9.18 Å². The van der Waals surface area contributed by atoms with Crippen LogP contribution in [-0.2, 0) is 13.0 Å². The van der Waals surface area contributed by atoms with E-state index in [9.17, 15) is 9.18 Å². The number of nitrogens with one attached hydrogen (secondary N) is 3.